The molecule has 3 saturated heterocycles. The van der Waals surface area contributed by atoms with Crippen LogP contribution < -0.4 is 21.7 Å². The van der Waals surface area contributed by atoms with E-state index in [0.29, 0.717) is 68.7 Å². The van der Waals surface area contributed by atoms with Gasteiger partial charge in [0.1, 0.15) is 6.04 Å². The molecule has 0 radical (unpaired) electrons. The highest BCUT2D eigenvalue weighted by molar-refractivity contribution is 7.10. The highest BCUT2D eigenvalue weighted by Crippen LogP contribution is 2.32. The van der Waals surface area contributed by atoms with E-state index in [-0.39, 0.29) is 24.0 Å². The molecule has 4 aliphatic heterocycles. The molecule has 45 heavy (non-hydrogen) atoms. The maximum absolute atomic E-state index is 14.0. The normalized spacial score (nSPS) is 20.9. The summed E-state index contributed by atoms with van der Waals surface area (Å²) in [5.74, 6) is -0.0558. The number of urea groups is 2. The first kappa shape index (κ1) is 31.9. The van der Waals surface area contributed by atoms with Gasteiger partial charge in [0, 0.05) is 75.7 Å². The second kappa shape index (κ2) is 14.1. The number of benzene rings is 1. The Balaban J connectivity index is 1.10. The molecule has 4 aliphatic rings. The van der Waals surface area contributed by atoms with Gasteiger partial charge in [0.25, 0.3) is 0 Å². The first-order chi connectivity index (χ1) is 21.8. The van der Waals surface area contributed by atoms with Gasteiger partial charge in [-0.2, -0.15) is 0 Å². The predicted molar refractivity (Wildman–Crippen MR) is 179 cm³/mol. The Bertz CT molecular complexity index is 1380. The van der Waals surface area contributed by atoms with E-state index in [4.69, 9.17) is 17.3 Å². The molecule has 244 valence electrons. The van der Waals surface area contributed by atoms with Gasteiger partial charge >= 0.3 is 12.1 Å². The number of nitrogens with zero attached hydrogens (tertiary/aromatic N) is 4. The first-order valence-electron chi connectivity index (χ1n) is 16.3. The van der Waals surface area contributed by atoms with Gasteiger partial charge in [0.2, 0.25) is 5.91 Å². The van der Waals surface area contributed by atoms with E-state index in [0.717, 1.165) is 67.1 Å². The van der Waals surface area contributed by atoms with Crippen LogP contribution in [-0.4, -0.2) is 108 Å². The lowest BCUT2D eigenvalue weighted by molar-refractivity contribution is -0.134. The molecule has 5 amide bonds. The summed E-state index contributed by atoms with van der Waals surface area (Å²) < 4.78 is 0. The van der Waals surface area contributed by atoms with E-state index >= 15 is 0 Å². The maximum Gasteiger partial charge on any atom is 0.322 e. The van der Waals surface area contributed by atoms with Crippen molar-refractivity contribution in [3.05, 3.63) is 44.6 Å². The molecular formula is C32H45ClN8O3S. The Hall–Kier alpha value is -3.06. The Morgan fingerprint density at radius 2 is 1.73 bits per heavy atom. The summed E-state index contributed by atoms with van der Waals surface area (Å²) in [5.41, 5.74) is 9.47. The van der Waals surface area contributed by atoms with Crippen molar-refractivity contribution in [3.63, 3.8) is 0 Å². The average Bonchev–Trinajstić information content (AvgIpc) is 3.53. The number of hydrogen-bond donors (Lipinski definition) is 4. The molecule has 1 aromatic carbocycles. The highest BCUT2D eigenvalue weighted by atomic mass is 35.5. The number of nitrogens with two attached hydrogens (primary N) is 1. The van der Waals surface area contributed by atoms with Gasteiger partial charge in [-0.25, -0.2) is 9.59 Å². The molecule has 5 heterocycles. The molecule has 0 spiro atoms. The van der Waals surface area contributed by atoms with Crippen LogP contribution >= 0.6 is 22.9 Å². The molecule has 13 heteroatoms. The average molecular weight is 657 g/mol. The summed E-state index contributed by atoms with van der Waals surface area (Å²) in [7, 11) is 0. The molecule has 0 aliphatic carbocycles. The Kier molecular flexibility index (Phi) is 10.0. The van der Waals surface area contributed by atoms with Gasteiger partial charge in [0.15, 0.2) is 0 Å². The van der Waals surface area contributed by atoms with Crippen LogP contribution in [0.1, 0.15) is 48.6 Å². The second-order valence-corrected chi connectivity index (χ2v) is 14.0. The number of rotatable bonds is 7. The van der Waals surface area contributed by atoms with Crippen molar-refractivity contribution in [1.82, 2.24) is 30.2 Å². The van der Waals surface area contributed by atoms with Crippen LogP contribution in [0, 0.1) is 0 Å². The summed E-state index contributed by atoms with van der Waals surface area (Å²) >= 11 is 8.13. The number of nitrogens with one attached hydrogen (secondary N) is 3. The number of piperazine rings is 1. The number of thiophene rings is 1. The number of likely N-dealkylation sites (tertiary alicyclic amines) is 2. The van der Waals surface area contributed by atoms with Crippen LogP contribution in [0.15, 0.2) is 23.6 Å². The summed E-state index contributed by atoms with van der Waals surface area (Å²) in [6.07, 6.45) is 4.31. The third-order valence-electron chi connectivity index (χ3n) is 9.89. The SMILES string of the molecule is CCc1cc(C[C@@H](NC(=O)N2CCC(N3Cc4sccc4NC3=O)CC2)C(=O)N2CCC(N3CCNCC3)CC2)cc(Cl)c1N. The van der Waals surface area contributed by atoms with Crippen molar-refractivity contribution in [1.29, 1.82) is 0 Å². The number of piperidine rings is 2. The monoisotopic (exact) mass is 656 g/mol. The summed E-state index contributed by atoms with van der Waals surface area (Å²) in [4.78, 5) is 49.8. The molecule has 11 nitrogen and oxygen atoms in total. The number of aryl methyl sites for hydroxylation is 1. The second-order valence-electron chi connectivity index (χ2n) is 12.6. The van der Waals surface area contributed by atoms with Crippen molar-refractivity contribution in [2.24, 2.45) is 0 Å². The van der Waals surface area contributed by atoms with Crippen LogP contribution in [-0.2, 0) is 24.2 Å². The van der Waals surface area contributed by atoms with Crippen LogP contribution in [0.4, 0.5) is 21.0 Å². The minimum absolute atomic E-state index is 0.0558. The van der Waals surface area contributed by atoms with Gasteiger partial charge in [-0.05, 0) is 60.7 Å². The Morgan fingerprint density at radius 3 is 2.44 bits per heavy atom. The molecule has 1 aromatic heterocycles. The van der Waals surface area contributed by atoms with E-state index in [2.05, 4.69) is 20.9 Å². The maximum atomic E-state index is 14.0. The van der Waals surface area contributed by atoms with Gasteiger partial charge in [0.05, 0.1) is 22.9 Å². The lowest BCUT2D eigenvalue weighted by Gasteiger charge is -2.41. The molecule has 0 bridgehead atoms. The smallest absolute Gasteiger partial charge is 0.322 e. The van der Waals surface area contributed by atoms with E-state index < -0.39 is 6.04 Å². The van der Waals surface area contributed by atoms with Crippen LogP contribution in [0.5, 0.6) is 0 Å². The number of carbonyl (C=O) groups excluding carboxylic acids is 3. The Labute approximate surface area is 274 Å². The minimum Gasteiger partial charge on any atom is -0.397 e. The number of fused-ring (bicyclic) bond motifs is 1. The van der Waals surface area contributed by atoms with Crippen LogP contribution in [0.25, 0.3) is 0 Å². The first-order valence-corrected chi connectivity index (χ1v) is 17.6. The quantitative estimate of drug-likeness (QED) is 0.338. The molecular weight excluding hydrogens is 612 g/mol. The predicted octanol–water partition coefficient (Wildman–Crippen LogP) is 3.58. The van der Waals surface area contributed by atoms with Crippen LogP contribution in [0.2, 0.25) is 5.02 Å². The number of hydrogen-bond acceptors (Lipinski definition) is 7. The van der Waals surface area contributed by atoms with Crippen molar-refractivity contribution in [2.75, 3.05) is 63.4 Å². The zero-order valence-electron chi connectivity index (χ0n) is 26.0. The molecule has 6 rings (SSSR count). The van der Waals surface area contributed by atoms with Crippen LogP contribution in [0.3, 0.4) is 0 Å². The largest absolute Gasteiger partial charge is 0.397 e. The van der Waals surface area contributed by atoms with Crippen molar-refractivity contribution in [3.8, 4) is 0 Å². The molecule has 3 fully saturated rings. The minimum atomic E-state index is -0.722. The number of amides is 5. The highest BCUT2D eigenvalue weighted by Gasteiger charge is 2.36. The van der Waals surface area contributed by atoms with Gasteiger partial charge < -0.3 is 36.4 Å². The number of halogens is 1. The zero-order chi connectivity index (χ0) is 31.5. The fraction of sp³-hybridized carbons (Fsp3) is 0.594. The summed E-state index contributed by atoms with van der Waals surface area (Å²) in [6.45, 7) is 9.12. The topological polar surface area (TPSA) is 126 Å². The molecule has 5 N–H and O–H groups in total. The standard InChI is InChI=1S/C32H45ClN8O3S/c1-2-22-17-21(18-25(33)29(22)34)19-27(30(42)39-10-3-23(4-11-39)38-14-8-35-9-15-38)37-31(43)40-12-5-24(6-13-40)41-20-28-26(7-16-45-28)36-32(41)44/h7,16-18,23-24,27,35H,2-6,8-15,19-20,34H2,1H3,(H,36,44)(H,37,43)/t27-/m1/s1. The molecule has 2 aromatic rings. The number of carbonyl (C=O) groups is 3. The summed E-state index contributed by atoms with van der Waals surface area (Å²) in [6, 6.07) is 5.25. The van der Waals surface area contributed by atoms with Gasteiger partial charge in [-0.1, -0.05) is 24.6 Å². The number of anilines is 2. The lowest BCUT2D eigenvalue weighted by atomic mass is 9.98. The molecule has 0 unspecified atom stereocenters. The van der Waals surface area contributed by atoms with E-state index in [1.54, 1.807) is 16.2 Å². The van der Waals surface area contributed by atoms with Gasteiger partial charge in [-0.3, -0.25) is 9.69 Å². The van der Waals surface area contributed by atoms with Crippen molar-refractivity contribution >= 4 is 52.3 Å². The fourth-order valence-electron chi connectivity index (χ4n) is 7.21. The third-order valence-corrected chi connectivity index (χ3v) is 11.1. The molecule has 0 saturated carbocycles. The van der Waals surface area contributed by atoms with E-state index in [1.165, 1.54) is 0 Å². The van der Waals surface area contributed by atoms with E-state index in [9.17, 15) is 14.4 Å². The fourth-order valence-corrected chi connectivity index (χ4v) is 8.30. The third kappa shape index (κ3) is 7.19. The zero-order valence-corrected chi connectivity index (χ0v) is 27.6. The van der Waals surface area contributed by atoms with Crippen molar-refractivity contribution in [2.45, 2.75) is 70.1 Å². The Morgan fingerprint density at radius 1 is 1.04 bits per heavy atom. The van der Waals surface area contributed by atoms with E-state index in [1.807, 2.05) is 40.3 Å². The lowest BCUT2D eigenvalue weighted by Crippen LogP contribution is -2.58. The number of nitrogen functional groups attached to an aromatic ring is 1. The van der Waals surface area contributed by atoms with Gasteiger partial charge in [-0.15, -0.1) is 11.3 Å². The summed E-state index contributed by atoms with van der Waals surface area (Å²) in [5, 5.41) is 12.0. The van der Waals surface area contributed by atoms with Crippen molar-refractivity contribution < 1.29 is 14.4 Å². The molecule has 1 atom stereocenters.